The van der Waals surface area contributed by atoms with Gasteiger partial charge in [0.1, 0.15) is 0 Å². The molecule has 1 aromatic rings. The molecule has 0 aliphatic rings. The number of rotatable bonds is 3. The maximum Gasteiger partial charge on any atom is 0.0487 e. The number of nitrogens with two attached hydrogens (primary N) is 2. The third-order valence-corrected chi connectivity index (χ3v) is 2.18. The van der Waals surface area contributed by atoms with Crippen molar-refractivity contribution in [3.8, 4) is 0 Å². The van der Waals surface area contributed by atoms with Gasteiger partial charge in [-0.1, -0.05) is 13.0 Å². The average molecular weight is 165 g/mol. The molecule has 0 aromatic carbocycles. The van der Waals surface area contributed by atoms with E-state index in [0.29, 0.717) is 13.1 Å². The molecular formula is C9H15N3. The van der Waals surface area contributed by atoms with Crippen LogP contribution < -0.4 is 11.5 Å². The zero-order chi connectivity index (χ0) is 9.03. The van der Waals surface area contributed by atoms with Crippen LogP contribution in [0.25, 0.3) is 0 Å². The van der Waals surface area contributed by atoms with Crippen molar-refractivity contribution in [1.82, 2.24) is 4.98 Å². The van der Waals surface area contributed by atoms with Crippen LogP contribution in [0.3, 0.4) is 0 Å². The lowest BCUT2D eigenvalue weighted by atomic mass is 9.87. The van der Waals surface area contributed by atoms with Crippen LogP contribution in [0.15, 0.2) is 24.4 Å². The normalized spacial score (nSPS) is 11.6. The Morgan fingerprint density at radius 2 is 2.00 bits per heavy atom. The summed E-state index contributed by atoms with van der Waals surface area (Å²) >= 11 is 0. The molecule has 0 unspecified atom stereocenters. The zero-order valence-corrected chi connectivity index (χ0v) is 7.33. The Balaban J connectivity index is 2.95. The van der Waals surface area contributed by atoms with E-state index in [9.17, 15) is 0 Å². The van der Waals surface area contributed by atoms with E-state index in [2.05, 4.69) is 4.98 Å². The van der Waals surface area contributed by atoms with Gasteiger partial charge in [0, 0.05) is 30.4 Å². The van der Waals surface area contributed by atoms with E-state index in [1.165, 1.54) is 0 Å². The summed E-state index contributed by atoms with van der Waals surface area (Å²) in [5.41, 5.74) is 12.0. The van der Waals surface area contributed by atoms with Crippen molar-refractivity contribution in [2.24, 2.45) is 11.5 Å². The van der Waals surface area contributed by atoms with Crippen LogP contribution in [0, 0.1) is 0 Å². The van der Waals surface area contributed by atoms with E-state index >= 15 is 0 Å². The molecule has 0 amide bonds. The zero-order valence-electron chi connectivity index (χ0n) is 7.33. The van der Waals surface area contributed by atoms with Gasteiger partial charge in [0.15, 0.2) is 0 Å². The summed E-state index contributed by atoms with van der Waals surface area (Å²) in [6, 6.07) is 5.79. The quantitative estimate of drug-likeness (QED) is 0.675. The number of nitrogens with zero attached hydrogens (tertiary/aromatic N) is 1. The van der Waals surface area contributed by atoms with Gasteiger partial charge in [0.05, 0.1) is 0 Å². The van der Waals surface area contributed by atoms with Crippen molar-refractivity contribution < 1.29 is 0 Å². The molecule has 3 nitrogen and oxygen atoms in total. The second-order valence-corrected chi connectivity index (χ2v) is 3.18. The Kier molecular flexibility index (Phi) is 2.78. The standard InChI is InChI=1S/C9H15N3/c1-9(6-10,7-11)8-4-2-3-5-12-8/h2-5H,6-7,10-11H2,1H3. The molecule has 0 spiro atoms. The predicted octanol–water partition coefficient (Wildman–Crippen LogP) is 0.257. The van der Waals surface area contributed by atoms with Crippen molar-refractivity contribution in [2.75, 3.05) is 13.1 Å². The van der Waals surface area contributed by atoms with E-state index in [1.807, 2.05) is 25.1 Å². The molecule has 0 fully saturated rings. The molecule has 1 rings (SSSR count). The molecule has 0 aliphatic carbocycles. The Morgan fingerprint density at radius 1 is 1.33 bits per heavy atom. The second kappa shape index (κ2) is 3.65. The first kappa shape index (κ1) is 9.16. The molecule has 1 heterocycles. The Morgan fingerprint density at radius 3 is 2.42 bits per heavy atom. The minimum atomic E-state index is -0.179. The largest absolute Gasteiger partial charge is 0.329 e. The number of hydrogen-bond acceptors (Lipinski definition) is 3. The van der Waals surface area contributed by atoms with E-state index in [1.54, 1.807) is 6.20 Å². The first-order valence-corrected chi connectivity index (χ1v) is 4.04. The lowest BCUT2D eigenvalue weighted by Crippen LogP contribution is -2.39. The fourth-order valence-electron chi connectivity index (χ4n) is 1.01. The molecule has 1 aromatic heterocycles. The Hall–Kier alpha value is -0.930. The summed E-state index contributed by atoms with van der Waals surface area (Å²) in [4.78, 5) is 4.23. The molecule has 0 aliphatic heterocycles. The Labute approximate surface area is 72.8 Å². The van der Waals surface area contributed by atoms with Crippen LogP contribution in [0.5, 0.6) is 0 Å². The van der Waals surface area contributed by atoms with Gasteiger partial charge in [0.25, 0.3) is 0 Å². The number of hydrogen-bond donors (Lipinski definition) is 2. The predicted molar refractivity (Wildman–Crippen MR) is 49.7 cm³/mol. The maximum atomic E-state index is 5.63. The van der Waals surface area contributed by atoms with Crippen LogP contribution in [0.1, 0.15) is 12.6 Å². The topological polar surface area (TPSA) is 64.9 Å². The summed E-state index contributed by atoms with van der Waals surface area (Å²) in [7, 11) is 0. The van der Waals surface area contributed by atoms with Crippen molar-refractivity contribution in [3.63, 3.8) is 0 Å². The van der Waals surface area contributed by atoms with E-state index in [4.69, 9.17) is 11.5 Å². The van der Waals surface area contributed by atoms with Crippen molar-refractivity contribution in [2.45, 2.75) is 12.3 Å². The third-order valence-electron chi connectivity index (χ3n) is 2.18. The van der Waals surface area contributed by atoms with E-state index in [-0.39, 0.29) is 5.41 Å². The molecule has 0 saturated carbocycles. The van der Waals surface area contributed by atoms with Crippen molar-refractivity contribution in [3.05, 3.63) is 30.1 Å². The summed E-state index contributed by atoms with van der Waals surface area (Å²) in [6.07, 6.45) is 1.76. The van der Waals surface area contributed by atoms with Gasteiger partial charge in [-0.15, -0.1) is 0 Å². The van der Waals surface area contributed by atoms with Crippen LogP contribution >= 0.6 is 0 Å². The van der Waals surface area contributed by atoms with Crippen LogP contribution in [-0.2, 0) is 5.41 Å². The molecule has 4 N–H and O–H groups in total. The van der Waals surface area contributed by atoms with Gasteiger partial charge < -0.3 is 11.5 Å². The highest BCUT2D eigenvalue weighted by Gasteiger charge is 2.23. The van der Waals surface area contributed by atoms with E-state index in [0.717, 1.165) is 5.69 Å². The highest BCUT2D eigenvalue weighted by molar-refractivity contribution is 5.16. The monoisotopic (exact) mass is 165 g/mol. The third kappa shape index (κ3) is 1.62. The first-order chi connectivity index (χ1) is 5.73. The average Bonchev–Trinajstić information content (AvgIpc) is 2.18. The minimum absolute atomic E-state index is 0.179. The van der Waals surface area contributed by atoms with Crippen LogP contribution in [0.4, 0.5) is 0 Å². The minimum Gasteiger partial charge on any atom is -0.329 e. The highest BCUT2D eigenvalue weighted by atomic mass is 14.8. The molecule has 12 heavy (non-hydrogen) atoms. The molecule has 0 radical (unpaired) electrons. The van der Waals surface area contributed by atoms with E-state index < -0.39 is 0 Å². The molecule has 66 valence electrons. The lowest BCUT2D eigenvalue weighted by Gasteiger charge is -2.24. The van der Waals surface area contributed by atoms with Crippen LogP contribution in [0.2, 0.25) is 0 Å². The Bertz CT molecular complexity index is 229. The van der Waals surface area contributed by atoms with Gasteiger partial charge in [-0.2, -0.15) is 0 Å². The summed E-state index contributed by atoms with van der Waals surface area (Å²) in [6.45, 7) is 3.08. The van der Waals surface area contributed by atoms with Gasteiger partial charge in [-0.25, -0.2) is 0 Å². The number of pyridine rings is 1. The van der Waals surface area contributed by atoms with Crippen molar-refractivity contribution >= 4 is 0 Å². The van der Waals surface area contributed by atoms with Gasteiger partial charge in [0.2, 0.25) is 0 Å². The fraction of sp³-hybridized carbons (Fsp3) is 0.444. The molecule has 0 bridgehead atoms. The molecule has 3 heteroatoms. The second-order valence-electron chi connectivity index (χ2n) is 3.18. The van der Waals surface area contributed by atoms with Crippen molar-refractivity contribution in [1.29, 1.82) is 0 Å². The van der Waals surface area contributed by atoms with Gasteiger partial charge in [-0.3, -0.25) is 4.98 Å². The van der Waals surface area contributed by atoms with Gasteiger partial charge in [-0.05, 0) is 12.1 Å². The summed E-state index contributed by atoms with van der Waals surface area (Å²) in [5.74, 6) is 0. The number of aromatic nitrogens is 1. The maximum absolute atomic E-state index is 5.63. The first-order valence-electron chi connectivity index (χ1n) is 4.04. The fourth-order valence-corrected chi connectivity index (χ4v) is 1.01. The molecule has 0 saturated heterocycles. The SMILES string of the molecule is CC(CN)(CN)c1ccccn1. The molecular weight excluding hydrogens is 150 g/mol. The van der Waals surface area contributed by atoms with Crippen LogP contribution in [-0.4, -0.2) is 18.1 Å². The molecule has 0 atom stereocenters. The highest BCUT2D eigenvalue weighted by Crippen LogP contribution is 2.17. The smallest absolute Gasteiger partial charge is 0.0487 e. The lowest BCUT2D eigenvalue weighted by molar-refractivity contribution is 0.482. The summed E-state index contributed by atoms with van der Waals surface area (Å²) < 4.78 is 0. The van der Waals surface area contributed by atoms with Gasteiger partial charge >= 0.3 is 0 Å². The summed E-state index contributed by atoms with van der Waals surface area (Å²) in [5, 5.41) is 0.